The molecule has 164 valence electrons. The molecule has 0 aliphatic rings. The van der Waals surface area contributed by atoms with Crippen molar-refractivity contribution in [1.29, 1.82) is 5.26 Å². The summed E-state index contributed by atoms with van der Waals surface area (Å²) in [5.41, 5.74) is 1.31. The number of phenolic OH excluding ortho intramolecular Hbond substituents is 1. The van der Waals surface area contributed by atoms with Gasteiger partial charge < -0.3 is 20.5 Å². The molecule has 0 saturated heterocycles. The van der Waals surface area contributed by atoms with Crippen LogP contribution in [0.2, 0.25) is 0 Å². The number of nitriles is 1. The summed E-state index contributed by atoms with van der Waals surface area (Å²) in [5.74, 6) is -0.442. The molecule has 0 fully saturated rings. The Morgan fingerprint density at radius 2 is 1.78 bits per heavy atom. The standard InChI is InChI=1S/C22H20N4O5S/c1-31-21-5-3-2-4-18(21)26-32(29,30)17-10-11-20(27)19(12-17)25-22(28)14-24-16-8-6-15(13-23)7-9-16/h2-12,24,26-27H,14H2,1H3,(H,25,28). The highest BCUT2D eigenvalue weighted by Crippen LogP contribution is 2.30. The number of methoxy groups -OCH3 is 1. The van der Waals surface area contributed by atoms with Crippen LogP contribution in [0.25, 0.3) is 0 Å². The molecule has 0 aliphatic heterocycles. The number of anilines is 3. The van der Waals surface area contributed by atoms with E-state index >= 15 is 0 Å². The highest BCUT2D eigenvalue weighted by molar-refractivity contribution is 7.92. The number of hydrogen-bond donors (Lipinski definition) is 4. The van der Waals surface area contributed by atoms with Crippen molar-refractivity contribution in [3.8, 4) is 17.6 Å². The lowest BCUT2D eigenvalue weighted by molar-refractivity contribution is -0.114. The Bertz CT molecular complexity index is 1270. The summed E-state index contributed by atoms with van der Waals surface area (Å²) >= 11 is 0. The largest absolute Gasteiger partial charge is 0.506 e. The van der Waals surface area contributed by atoms with Crippen LogP contribution in [0.1, 0.15) is 5.56 Å². The zero-order valence-corrected chi connectivity index (χ0v) is 17.8. The fraction of sp³-hybridized carbons (Fsp3) is 0.0909. The van der Waals surface area contributed by atoms with Crippen LogP contribution in [0.4, 0.5) is 17.1 Å². The first kappa shape index (κ1) is 22.5. The van der Waals surface area contributed by atoms with Gasteiger partial charge in [0, 0.05) is 5.69 Å². The number of amides is 1. The van der Waals surface area contributed by atoms with Crippen molar-refractivity contribution >= 4 is 33.0 Å². The second kappa shape index (κ2) is 9.72. The number of benzene rings is 3. The van der Waals surface area contributed by atoms with Gasteiger partial charge >= 0.3 is 0 Å². The van der Waals surface area contributed by atoms with E-state index in [0.29, 0.717) is 17.0 Å². The highest BCUT2D eigenvalue weighted by Gasteiger charge is 2.19. The minimum Gasteiger partial charge on any atom is -0.506 e. The van der Waals surface area contributed by atoms with Crippen molar-refractivity contribution in [3.05, 3.63) is 72.3 Å². The molecule has 10 heteroatoms. The average molecular weight is 452 g/mol. The lowest BCUT2D eigenvalue weighted by Crippen LogP contribution is -2.22. The molecule has 0 unspecified atom stereocenters. The number of nitrogens with zero attached hydrogens (tertiary/aromatic N) is 1. The van der Waals surface area contributed by atoms with Crippen molar-refractivity contribution in [1.82, 2.24) is 0 Å². The molecule has 0 bridgehead atoms. The van der Waals surface area contributed by atoms with Crippen molar-refractivity contribution in [2.24, 2.45) is 0 Å². The number of sulfonamides is 1. The van der Waals surface area contributed by atoms with E-state index in [9.17, 15) is 18.3 Å². The van der Waals surface area contributed by atoms with Gasteiger partial charge in [0.25, 0.3) is 10.0 Å². The Morgan fingerprint density at radius 1 is 1.06 bits per heavy atom. The maximum Gasteiger partial charge on any atom is 0.262 e. The number of rotatable bonds is 8. The molecule has 1 amide bonds. The predicted molar refractivity (Wildman–Crippen MR) is 120 cm³/mol. The summed E-state index contributed by atoms with van der Waals surface area (Å²) in [4.78, 5) is 12.1. The van der Waals surface area contributed by atoms with Crippen molar-refractivity contribution in [2.45, 2.75) is 4.90 Å². The Kier molecular flexibility index (Phi) is 6.82. The summed E-state index contributed by atoms with van der Waals surface area (Å²) < 4.78 is 33.2. The van der Waals surface area contributed by atoms with E-state index in [4.69, 9.17) is 10.00 Å². The maximum atomic E-state index is 12.8. The zero-order chi connectivity index (χ0) is 23.1. The number of hydrogen-bond acceptors (Lipinski definition) is 7. The van der Waals surface area contributed by atoms with Crippen LogP contribution in [-0.4, -0.2) is 33.1 Å². The van der Waals surface area contributed by atoms with Crippen LogP contribution >= 0.6 is 0 Å². The van der Waals surface area contributed by atoms with Crippen molar-refractivity contribution in [2.75, 3.05) is 29.0 Å². The lowest BCUT2D eigenvalue weighted by Gasteiger charge is -2.13. The zero-order valence-electron chi connectivity index (χ0n) is 17.0. The smallest absolute Gasteiger partial charge is 0.262 e. The SMILES string of the molecule is COc1ccccc1NS(=O)(=O)c1ccc(O)c(NC(=O)CNc2ccc(C#N)cc2)c1. The van der Waals surface area contributed by atoms with Crippen LogP contribution in [0.5, 0.6) is 11.5 Å². The lowest BCUT2D eigenvalue weighted by atomic mass is 10.2. The van der Waals surface area contributed by atoms with Gasteiger partial charge in [0.1, 0.15) is 11.5 Å². The monoisotopic (exact) mass is 452 g/mol. The molecule has 3 aromatic rings. The quantitative estimate of drug-likeness (QED) is 0.385. The maximum absolute atomic E-state index is 12.8. The van der Waals surface area contributed by atoms with Crippen molar-refractivity contribution < 1.29 is 23.1 Å². The number of para-hydroxylation sites is 2. The van der Waals surface area contributed by atoms with Gasteiger partial charge in [-0.25, -0.2) is 8.42 Å². The minimum absolute atomic E-state index is 0.0560. The molecule has 9 nitrogen and oxygen atoms in total. The van der Waals surface area contributed by atoms with Crippen LogP contribution < -0.4 is 20.1 Å². The topological polar surface area (TPSA) is 141 Å². The van der Waals surface area contributed by atoms with Gasteiger partial charge in [-0.1, -0.05) is 12.1 Å². The number of carbonyl (C=O) groups is 1. The summed E-state index contributed by atoms with van der Waals surface area (Å²) in [7, 11) is -2.59. The molecule has 0 heterocycles. The minimum atomic E-state index is -4.02. The predicted octanol–water partition coefficient (Wildman–Crippen LogP) is 3.12. The van der Waals surface area contributed by atoms with Crippen LogP contribution in [0.3, 0.4) is 0 Å². The normalized spacial score (nSPS) is 10.6. The van der Waals surface area contributed by atoms with Gasteiger partial charge in [-0.2, -0.15) is 5.26 Å². The Labute approximate surface area is 185 Å². The summed E-state index contributed by atoms with van der Waals surface area (Å²) in [6, 6.07) is 18.6. The molecule has 0 atom stereocenters. The fourth-order valence-electron chi connectivity index (χ4n) is 2.75. The van der Waals surface area contributed by atoms with Crippen molar-refractivity contribution in [3.63, 3.8) is 0 Å². The molecular weight excluding hydrogens is 432 g/mol. The second-order valence-corrected chi connectivity index (χ2v) is 8.26. The first-order valence-corrected chi connectivity index (χ1v) is 10.8. The number of nitrogens with one attached hydrogen (secondary N) is 3. The van der Waals surface area contributed by atoms with Gasteiger partial charge in [0.15, 0.2) is 0 Å². The van der Waals surface area contributed by atoms with E-state index in [1.165, 1.54) is 19.2 Å². The third kappa shape index (κ3) is 5.47. The van der Waals surface area contributed by atoms with Gasteiger partial charge in [-0.3, -0.25) is 9.52 Å². The average Bonchev–Trinajstić information content (AvgIpc) is 2.79. The third-order valence-electron chi connectivity index (χ3n) is 4.37. The summed E-state index contributed by atoms with van der Waals surface area (Å²) in [6.07, 6.45) is 0. The van der Waals surface area contributed by atoms with Crippen LogP contribution in [0.15, 0.2) is 71.6 Å². The number of carbonyl (C=O) groups excluding carboxylic acids is 1. The number of ether oxygens (including phenoxy) is 1. The summed E-state index contributed by atoms with van der Waals surface area (Å²) in [6.45, 7) is -0.137. The van der Waals surface area contributed by atoms with Gasteiger partial charge in [-0.05, 0) is 54.6 Å². The molecule has 0 aliphatic carbocycles. The second-order valence-electron chi connectivity index (χ2n) is 6.58. The van der Waals surface area contributed by atoms with E-state index in [2.05, 4.69) is 15.4 Å². The molecule has 32 heavy (non-hydrogen) atoms. The molecule has 0 spiro atoms. The summed E-state index contributed by atoms with van der Waals surface area (Å²) in [5, 5.41) is 24.2. The van der Waals surface area contributed by atoms with E-state index in [1.807, 2.05) is 6.07 Å². The van der Waals surface area contributed by atoms with E-state index in [-0.39, 0.29) is 28.6 Å². The first-order chi connectivity index (χ1) is 15.3. The molecule has 3 aromatic carbocycles. The molecule has 0 aromatic heterocycles. The number of aromatic hydroxyl groups is 1. The van der Waals surface area contributed by atoms with E-state index in [0.717, 1.165) is 6.07 Å². The molecule has 4 N–H and O–H groups in total. The third-order valence-corrected chi connectivity index (χ3v) is 5.73. The Balaban J connectivity index is 1.71. The van der Waals surface area contributed by atoms with Crippen LogP contribution in [-0.2, 0) is 14.8 Å². The van der Waals surface area contributed by atoms with Gasteiger partial charge in [0.05, 0.1) is 41.6 Å². The van der Waals surface area contributed by atoms with Crippen LogP contribution in [0, 0.1) is 11.3 Å². The Hall–Kier alpha value is -4.23. The Morgan fingerprint density at radius 3 is 2.47 bits per heavy atom. The van der Waals surface area contributed by atoms with Gasteiger partial charge in [-0.15, -0.1) is 0 Å². The van der Waals surface area contributed by atoms with Gasteiger partial charge in [0.2, 0.25) is 5.91 Å². The van der Waals surface area contributed by atoms with E-state index in [1.54, 1.807) is 48.5 Å². The molecule has 3 rings (SSSR count). The molecule has 0 saturated carbocycles. The number of phenols is 1. The molecular formula is C22H20N4O5S. The first-order valence-electron chi connectivity index (χ1n) is 9.35. The molecule has 0 radical (unpaired) electrons. The van der Waals surface area contributed by atoms with E-state index < -0.39 is 15.9 Å². The highest BCUT2D eigenvalue weighted by atomic mass is 32.2. The fourth-order valence-corrected chi connectivity index (χ4v) is 3.85.